The minimum Gasteiger partial charge on any atom is -0.494 e. The number of benzene rings is 2. The van der Waals surface area contributed by atoms with E-state index in [1.165, 1.54) is 6.92 Å². The van der Waals surface area contributed by atoms with Gasteiger partial charge < -0.3 is 49.2 Å². The zero-order valence-electron chi connectivity index (χ0n) is 30.1. The Hall–Kier alpha value is -4.34. The first kappa shape index (κ1) is 41.4. The lowest BCUT2D eigenvalue weighted by molar-refractivity contribution is -0.380. The van der Waals surface area contributed by atoms with E-state index in [0.717, 1.165) is 37.0 Å². The summed E-state index contributed by atoms with van der Waals surface area (Å²) in [5, 5.41) is 54.0. The first-order valence-electron chi connectivity index (χ1n) is 17.9. The Bertz CT molecular complexity index is 1570. The monoisotopic (exact) mass is 742 g/mol. The Morgan fingerprint density at radius 3 is 1.98 bits per heavy atom. The zero-order valence-corrected chi connectivity index (χ0v) is 30.1. The standard InChI is InChI=1S/C39H50O14/c1-25(30(51-27(3)40)26(2)24-28-16-10-8-11-17-28)20-21-37-31(41)32(42)38(53-37,35(45)46)39(36(47)48,33(52-37)34(43)44)50-23-15-7-5-4-6-14-22-49-29-18-12-9-13-19-29/h8-13,16-19,26,30-33,41-42H,1,4-7,14-15,20-24H2,2-3H3,(H,43,44)(H,45,46)(H,47,48)/t26-,30-,31-,32-,33?,37?,38?,39?/m1/s1. The third-order valence-electron chi connectivity index (χ3n) is 9.89. The summed E-state index contributed by atoms with van der Waals surface area (Å²) in [6.45, 7) is 7.25. The van der Waals surface area contributed by atoms with Crippen molar-refractivity contribution >= 4 is 23.9 Å². The number of carboxylic acid groups (broad SMARTS) is 3. The van der Waals surface area contributed by atoms with Gasteiger partial charge in [-0.1, -0.05) is 87.7 Å². The Morgan fingerprint density at radius 1 is 0.830 bits per heavy atom. The molecule has 0 saturated carbocycles. The van der Waals surface area contributed by atoms with Crippen LogP contribution < -0.4 is 4.74 Å². The Kier molecular flexibility index (Phi) is 14.2. The lowest BCUT2D eigenvalue weighted by Gasteiger charge is -2.50. The predicted octanol–water partition coefficient (Wildman–Crippen LogP) is 4.15. The highest BCUT2D eigenvalue weighted by Crippen LogP contribution is 2.56. The third kappa shape index (κ3) is 8.90. The summed E-state index contributed by atoms with van der Waals surface area (Å²) >= 11 is 0. The van der Waals surface area contributed by atoms with Crippen LogP contribution in [0, 0.1) is 5.92 Å². The first-order chi connectivity index (χ1) is 25.2. The van der Waals surface area contributed by atoms with E-state index >= 15 is 0 Å². The lowest BCUT2D eigenvalue weighted by Crippen LogP contribution is -2.78. The van der Waals surface area contributed by atoms with Gasteiger partial charge in [-0.15, -0.1) is 0 Å². The van der Waals surface area contributed by atoms with Gasteiger partial charge in [0.15, 0.2) is 5.79 Å². The van der Waals surface area contributed by atoms with Crippen LogP contribution >= 0.6 is 0 Å². The fraction of sp³-hybridized carbons (Fsp3) is 0.538. The number of aliphatic hydroxyl groups excluding tert-OH is 2. The molecule has 0 radical (unpaired) electrons. The smallest absolute Gasteiger partial charge is 0.343 e. The second-order valence-corrected chi connectivity index (χ2v) is 13.7. The van der Waals surface area contributed by atoms with Gasteiger partial charge in [-0.05, 0) is 49.0 Å². The van der Waals surface area contributed by atoms with E-state index in [-0.39, 0.29) is 18.8 Å². The van der Waals surface area contributed by atoms with Crippen LogP contribution in [0.4, 0.5) is 0 Å². The molecule has 4 rings (SSSR count). The summed E-state index contributed by atoms with van der Waals surface area (Å²) in [5.41, 5.74) is -5.33. The van der Waals surface area contributed by atoms with E-state index in [0.29, 0.717) is 25.0 Å². The van der Waals surface area contributed by atoms with Crippen molar-refractivity contribution in [1.82, 2.24) is 0 Å². The minimum atomic E-state index is -3.30. The van der Waals surface area contributed by atoms with Crippen LogP contribution in [0.15, 0.2) is 72.8 Å². The maximum atomic E-state index is 13.0. The molecule has 2 aliphatic heterocycles. The van der Waals surface area contributed by atoms with Crippen LogP contribution in [0.1, 0.15) is 70.8 Å². The molecule has 53 heavy (non-hydrogen) atoms. The summed E-state index contributed by atoms with van der Waals surface area (Å²) in [5.74, 6) is -8.66. The number of aliphatic hydroxyl groups is 2. The van der Waals surface area contributed by atoms with Crippen molar-refractivity contribution in [2.75, 3.05) is 13.2 Å². The first-order valence-corrected chi connectivity index (χ1v) is 17.9. The molecule has 2 aromatic rings. The maximum Gasteiger partial charge on any atom is 0.343 e. The largest absolute Gasteiger partial charge is 0.494 e. The molecule has 14 nitrogen and oxygen atoms in total. The molecule has 2 fully saturated rings. The predicted molar refractivity (Wildman–Crippen MR) is 188 cm³/mol. The number of esters is 1. The maximum absolute atomic E-state index is 13.0. The summed E-state index contributed by atoms with van der Waals surface area (Å²) in [4.78, 5) is 50.8. The molecule has 2 bridgehead atoms. The molecule has 5 N–H and O–H groups in total. The number of carbonyl (C=O) groups excluding carboxylic acids is 1. The molecule has 0 aromatic heterocycles. The van der Waals surface area contributed by atoms with Gasteiger partial charge in [-0.2, -0.15) is 0 Å². The molecule has 0 aliphatic carbocycles. The SMILES string of the molecule is C=C(CCC12OC(C(=O)O)C(OCCCCCCCCOc3ccccc3)(C(=O)O)C(C(=O)O)(O1)[C@H](O)[C@H]2O)[C@@H](OC(C)=O)[C@H](C)Cc1ccccc1. The van der Waals surface area contributed by atoms with Crippen molar-refractivity contribution < 1.29 is 68.4 Å². The van der Waals surface area contributed by atoms with Crippen molar-refractivity contribution in [1.29, 1.82) is 0 Å². The van der Waals surface area contributed by atoms with Crippen molar-refractivity contribution in [2.45, 2.75) is 113 Å². The Labute approximate surface area is 308 Å². The Balaban J connectivity index is 1.45. The molecule has 2 saturated heterocycles. The van der Waals surface area contributed by atoms with E-state index in [4.69, 9.17) is 23.7 Å². The molecule has 0 spiro atoms. The minimum absolute atomic E-state index is 0.164. The van der Waals surface area contributed by atoms with Gasteiger partial charge in [0.2, 0.25) is 17.3 Å². The number of ether oxygens (including phenoxy) is 5. The number of carboxylic acids is 3. The van der Waals surface area contributed by atoms with Crippen LogP contribution in [0.3, 0.4) is 0 Å². The second-order valence-electron chi connectivity index (χ2n) is 13.7. The number of para-hydroxylation sites is 1. The lowest BCUT2D eigenvalue weighted by atomic mass is 9.74. The number of aliphatic carboxylic acids is 3. The van der Waals surface area contributed by atoms with Gasteiger partial charge in [-0.25, -0.2) is 14.4 Å². The van der Waals surface area contributed by atoms with E-state index in [1.807, 2.05) is 67.6 Å². The van der Waals surface area contributed by atoms with E-state index in [2.05, 4.69) is 6.58 Å². The average molecular weight is 743 g/mol. The normalized spacial score (nSPS) is 27.4. The summed E-state index contributed by atoms with van der Waals surface area (Å²) in [7, 11) is 0. The van der Waals surface area contributed by atoms with Crippen LogP contribution in [0.25, 0.3) is 0 Å². The number of unbranched alkanes of at least 4 members (excludes halogenated alkanes) is 5. The van der Waals surface area contributed by atoms with Crippen LogP contribution in [0.5, 0.6) is 5.75 Å². The van der Waals surface area contributed by atoms with Crippen molar-refractivity contribution in [2.24, 2.45) is 5.92 Å². The molecule has 4 unspecified atom stereocenters. The number of hydrogen-bond acceptors (Lipinski definition) is 11. The van der Waals surface area contributed by atoms with Gasteiger partial charge >= 0.3 is 23.9 Å². The molecular weight excluding hydrogens is 692 g/mol. The molecule has 0 amide bonds. The van der Waals surface area contributed by atoms with Gasteiger partial charge in [0.25, 0.3) is 0 Å². The average Bonchev–Trinajstić information content (AvgIpc) is 3.31. The van der Waals surface area contributed by atoms with E-state index in [1.54, 1.807) is 0 Å². The van der Waals surface area contributed by atoms with Gasteiger partial charge in [0.1, 0.15) is 24.1 Å². The highest BCUT2D eigenvalue weighted by Gasteiger charge is 2.85. The van der Waals surface area contributed by atoms with Crippen LogP contribution in [0.2, 0.25) is 0 Å². The molecule has 2 heterocycles. The molecule has 2 aromatic carbocycles. The highest BCUT2D eigenvalue weighted by atomic mass is 16.8. The number of rotatable bonds is 22. The van der Waals surface area contributed by atoms with Gasteiger partial charge in [0.05, 0.1) is 6.61 Å². The van der Waals surface area contributed by atoms with Crippen LogP contribution in [-0.4, -0.2) is 104 Å². The molecular formula is C39H50O14. The third-order valence-corrected chi connectivity index (χ3v) is 9.89. The Morgan fingerprint density at radius 2 is 1.42 bits per heavy atom. The van der Waals surface area contributed by atoms with Crippen molar-refractivity contribution in [3.63, 3.8) is 0 Å². The summed E-state index contributed by atoms with van der Waals surface area (Å²) in [6, 6.07) is 18.8. The van der Waals surface area contributed by atoms with Crippen molar-refractivity contribution in [3.05, 3.63) is 78.4 Å². The molecule has 14 heteroatoms. The van der Waals surface area contributed by atoms with E-state index in [9.17, 15) is 44.7 Å². The van der Waals surface area contributed by atoms with Gasteiger partial charge in [0, 0.05) is 25.9 Å². The van der Waals surface area contributed by atoms with E-state index < -0.39 is 78.3 Å². The number of carbonyl (C=O) groups is 4. The number of fused-ring (bicyclic) bond motifs is 2. The molecule has 2 aliphatic rings. The summed E-state index contributed by atoms with van der Waals surface area (Å²) < 4.78 is 28.5. The molecule has 290 valence electrons. The second kappa shape index (κ2) is 18.1. The fourth-order valence-electron chi connectivity index (χ4n) is 7.25. The molecule has 8 atom stereocenters. The number of hydrogen-bond donors (Lipinski definition) is 5. The topological polar surface area (TPSA) is 216 Å². The zero-order chi connectivity index (χ0) is 38.8. The van der Waals surface area contributed by atoms with Crippen LogP contribution in [-0.2, 0) is 44.5 Å². The van der Waals surface area contributed by atoms with Crippen molar-refractivity contribution in [3.8, 4) is 5.75 Å². The fourth-order valence-corrected chi connectivity index (χ4v) is 7.25. The highest BCUT2D eigenvalue weighted by molar-refractivity contribution is 5.98. The summed E-state index contributed by atoms with van der Waals surface area (Å²) in [6.07, 6.45) is -4.27. The van der Waals surface area contributed by atoms with Gasteiger partial charge in [-0.3, -0.25) is 4.79 Å². The quantitative estimate of drug-likeness (QED) is 0.0651.